The third kappa shape index (κ3) is 2.61. The summed E-state index contributed by atoms with van der Waals surface area (Å²) in [4.78, 5) is 8.71. The van der Waals surface area contributed by atoms with Crippen LogP contribution in [0.2, 0.25) is 0 Å². The Hall–Kier alpha value is -3.20. The van der Waals surface area contributed by atoms with Crippen molar-refractivity contribution in [2.75, 3.05) is 12.4 Å². The number of hydrogen-bond donors (Lipinski definition) is 1. The van der Waals surface area contributed by atoms with Crippen molar-refractivity contribution >= 4 is 16.6 Å². The van der Waals surface area contributed by atoms with Crippen LogP contribution in [0.4, 0.5) is 5.69 Å². The van der Waals surface area contributed by atoms with E-state index < -0.39 is 0 Å². The van der Waals surface area contributed by atoms with E-state index in [1.807, 2.05) is 19.3 Å². The lowest BCUT2D eigenvalue weighted by atomic mass is 9.96. The molecule has 0 aliphatic carbocycles. The summed E-state index contributed by atoms with van der Waals surface area (Å²) >= 11 is 0. The summed E-state index contributed by atoms with van der Waals surface area (Å²) in [7, 11) is 1.93. The number of aromatic nitrogens is 2. The largest absolute Gasteiger partial charge is 0.388 e. The number of fused-ring (bicyclic) bond motifs is 1. The van der Waals surface area contributed by atoms with Crippen LogP contribution in [-0.4, -0.2) is 17.0 Å². The van der Waals surface area contributed by atoms with Crippen LogP contribution in [0.15, 0.2) is 79.3 Å². The predicted molar refractivity (Wildman–Crippen MR) is 100.0 cm³/mol. The van der Waals surface area contributed by atoms with Gasteiger partial charge in [0.05, 0.1) is 5.52 Å². The molecule has 0 amide bonds. The molecule has 24 heavy (non-hydrogen) atoms. The minimum atomic E-state index is 0.970. The first-order valence-electron chi connectivity index (χ1n) is 7.92. The average Bonchev–Trinajstić information content (AvgIpc) is 2.68. The number of rotatable bonds is 3. The van der Waals surface area contributed by atoms with Gasteiger partial charge < -0.3 is 5.32 Å². The maximum Gasteiger partial charge on any atom is 0.116 e. The van der Waals surface area contributed by atoms with Crippen molar-refractivity contribution in [2.45, 2.75) is 0 Å². The second kappa shape index (κ2) is 6.13. The fourth-order valence-electron chi connectivity index (χ4n) is 2.96. The second-order valence-electron chi connectivity index (χ2n) is 5.68. The van der Waals surface area contributed by atoms with Gasteiger partial charge in [-0.05, 0) is 41.0 Å². The van der Waals surface area contributed by atoms with E-state index in [-0.39, 0.29) is 0 Å². The first kappa shape index (κ1) is 14.4. The standard InChI is InChI=1S/C21H17N3/c1-22-19-9-5-8-16(11-19)20-12-17(15-6-3-2-4-7-15)10-18-13-23-14-24-21(18)20/h2-14,22H,1H3. The third-order valence-electron chi connectivity index (χ3n) is 4.18. The number of nitrogens with one attached hydrogen (secondary N) is 1. The van der Waals surface area contributed by atoms with Crippen molar-refractivity contribution in [3.63, 3.8) is 0 Å². The summed E-state index contributed by atoms with van der Waals surface area (Å²) < 4.78 is 0. The van der Waals surface area contributed by atoms with Crippen molar-refractivity contribution in [2.24, 2.45) is 0 Å². The third-order valence-corrected chi connectivity index (χ3v) is 4.18. The van der Waals surface area contributed by atoms with Crippen LogP contribution in [0, 0.1) is 0 Å². The van der Waals surface area contributed by atoms with Crippen LogP contribution in [0.5, 0.6) is 0 Å². The molecule has 116 valence electrons. The van der Waals surface area contributed by atoms with E-state index >= 15 is 0 Å². The topological polar surface area (TPSA) is 37.8 Å². The highest BCUT2D eigenvalue weighted by Gasteiger charge is 2.09. The fourth-order valence-corrected chi connectivity index (χ4v) is 2.96. The van der Waals surface area contributed by atoms with Gasteiger partial charge in [-0.25, -0.2) is 9.97 Å². The summed E-state index contributed by atoms with van der Waals surface area (Å²) in [6.07, 6.45) is 3.48. The molecule has 0 unspecified atom stereocenters. The van der Waals surface area contributed by atoms with E-state index in [4.69, 9.17) is 0 Å². The molecule has 0 radical (unpaired) electrons. The molecule has 4 rings (SSSR count). The van der Waals surface area contributed by atoms with Gasteiger partial charge in [-0.15, -0.1) is 0 Å². The highest BCUT2D eigenvalue weighted by Crippen LogP contribution is 2.33. The molecular formula is C21H17N3. The monoisotopic (exact) mass is 311 g/mol. The van der Waals surface area contributed by atoms with Gasteiger partial charge in [0.15, 0.2) is 0 Å². The molecular weight excluding hydrogens is 294 g/mol. The molecule has 3 heteroatoms. The minimum Gasteiger partial charge on any atom is -0.388 e. The van der Waals surface area contributed by atoms with E-state index in [1.54, 1.807) is 6.33 Å². The average molecular weight is 311 g/mol. The van der Waals surface area contributed by atoms with Crippen LogP contribution in [0.3, 0.4) is 0 Å². The molecule has 0 bridgehead atoms. The van der Waals surface area contributed by atoms with Gasteiger partial charge in [0.1, 0.15) is 6.33 Å². The van der Waals surface area contributed by atoms with E-state index in [2.05, 4.69) is 75.9 Å². The lowest BCUT2D eigenvalue weighted by Gasteiger charge is -2.11. The Bertz CT molecular complexity index is 994. The summed E-state index contributed by atoms with van der Waals surface area (Å²) in [6.45, 7) is 0. The number of hydrogen-bond acceptors (Lipinski definition) is 3. The zero-order chi connectivity index (χ0) is 16.4. The van der Waals surface area contributed by atoms with E-state index in [0.29, 0.717) is 0 Å². The minimum absolute atomic E-state index is 0.970. The van der Waals surface area contributed by atoms with Crippen molar-refractivity contribution in [3.8, 4) is 22.3 Å². The first-order chi connectivity index (χ1) is 11.8. The highest BCUT2D eigenvalue weighted by molar-refractivity contribution is 5.97. The van der Waals surface area contributed by atoms with E-state index in [1.165, 1.54) is 11.1 Å². The Morgan fingerprint density at radius 3 is 2.46 bits per heavy atom. The number of nitrogens with zero attached hydrogens (tertiary/aromatic N) is 2. The lowest BCUT2D eigenvalue weighted by Crippen LogP contribution is -1.91. The molecule has 0 spiro atoms. The molecule has 0 fully saturated rings. The molecule has 1 heterocycles. The molecule has 0 aliphatic heterocycles. The normalized spacial score (nSPS) is 10.7. The Morgan fingerprint density at radius 1 is 0.792 bits per heavy atom. The van der Waals surface area contributed by atoms with Gasteiger partial charge >= 0.3 is 0 Å². The molecule has 1 aromatic heterocycles. The van der Waals surface area contributed by atoms with Crippen molar-refractivity contribution in [1.29, 1.82) is 0 Å². The molecule has 0 atom stereocenters. The maximum absolute atomic E-state index is 4.52. The van der Waals surface area contributed by atoms with Crippen LogP contribution in [-0.2, 0) is 0 Å². The Labute approximate surface area is 141 Å². The summed E-state index contributed by atoms with van der Waals surface area (Å²) in [5.74, 6) is 0. The van der Waals surface area contributed by atoms with E-state index in [0.717, 1.165) is 27.7 Å². The predicted octanol–water partition coefficient (Wildman–Crippen LogP) is 5.01. The summed E-state index contributed by atoms with van der Waals surface area (Å²) in [5, 5.41) is 4.24. The second-order valence-corrected chi connectivity index (χ2v) is 5.68. The van der Waals surface area contributed by atoms with Crippen LogP contribution in [0.25, 0.3) is 33.2 Å². The van der Waals surface area contributed by atoms with Gasteiger partial charge in [0.2, 0.25) is 0 Å². The van der Waals surface area contributed by atoms with Gasteiger partial charge in [-0.1, -0.05) is 42.5 Å². The summed E-state index contributed by atoms with van der Waals surface area (Å²) in [5.41, 5.74) is 6.67. The van der Waals surface area contributed by atoms with Crippen LogP contribution < -0.4 is 5.32 Å². The Balaban J connectivity index is 1.99. The highest BCUT2D eigenvalue weighted by atomic mass is 14.8. The number of benzene rings is 3. The van der Waals surface area contributed by atoms with Crippen LogP contribution in [0.1, 0.15) is 0 Å². The molecule has 3 nitrogen and oxygen atoms in total. The van der Waals surface area contributed by atoms with Crippen molar-refractivity contribution in [3.05, 3.63) is 79.3 Å². The van der Waals surface area contributed by atoms with Gasteiger partial charge in [0.25, 0.3) is 0 Å². The molecule has 0 aliphatic rings. The van der Waals surface area contributed by atoms with E-state index in [9.17, 15) is 0 Å². The van der Waals surface area contributed by atoms with Gasteiger partial charge in [0, 0.05) is 29.9 Å². The molecule has 4 aromatic rings. The van der Waals surface area contributed by atoms with Crippen LogP contribution >= 0.6 is 0 Å². The Kier molecular flexibility index (Phi) is 3.67. The SMILES string of the molecule is CNc1cccc(-c2cc(-c3ccccc3)cc3cncnc23)c1. The van der Waals surface area contributed by atoms with Gasteiger partial charge in [-0.3, -0.25) is 0 Å². The number of anilines is 1. The molecule has 0 saturated heterocycles. The van der Waals surface area contributed by atoms with Crippen molar-refractivity contribution < 1.29 is 0 Å². The zero-order valence-electron chi connectivity index (χ0n) is 13.4. The summed E-state index contributed by atoms with van der Waals surface area (Å²) in [6, 6.07) is 23.1. The molecule has 3 aromatic carbocycles. The Morgan fingerprint density at radius 2 is 1.62 bits per heavy atom. The molecule has 1 N–H and O–H groups in total. The van der Waals surface area contributed by atoms with Gasteiger partial charge in [-0.2, -0.15) is 0 Å². The maximum atomic E-state index is 4.52. The quantitative estimate of drug-likeness (QED) is 0.578. The lowest BCUT2D eigenvalue weighted by molar-refractivity contribution is 1.22. The first-order valence-corrected chi connectivity index (χ1v) is 7.92. The fraction of sp³-hybridized carbons (Fsp3) is 0.0476. The zero-order valence-corrected chi connectivity index (χ0v) is 13.4. The molecule has 0 saturated carbocycles. The van der Waals surface area contributed by atoms with Crippen molar-refractivity contribution in [1.82, 2.24) is 9.97 Å². The smallest absolute Gasteiger partial charge is 0.116 e.